The van der Waals surface area contributed by atoms with E-state index in [-0.39, 0.29) is 0 Å². The average Bonchev–Trinajstić information content (AvgIpc) is 2.65. The number of hydrogen-bond acceptors (Lipinski definition) is 4. The van der Waals surface area contributed by atoms with Gasteiger partial charge in [-0.05, 0) is 6.92 Å². The molecule has 0 aromatic carbocycles. The zero-order valence-electron chi connectivity index (χ0n) is 8.93. The van der Waals surface area contributed by atoms with Crippen molar-refractivity contribution in [1.29, 1.82) is 0 Å². The Bertz CT molecular complexity index is 450. The number of hydrogen-bond donors (Lipinski definition) is 2. The topological polar surface area (TPSA) is 87.3 Å². The van der Waals surface area contributed by atoms with E-state index >= 15 is 0 Å². The Labute approximate surface area is 94.0 Å². The van der Waals surface area contributed by atoms with Crippen LogP contribution in [0.3, 0.4) is 0 Å². The van der Waals surface area contributed by atoms with Gasteiger partial charge < -0.3 is 4.74 Å². The lowest BCUT2D eigenvalue weighted by molar-refractivity contribution is 0.0733. The summed E-state index contributed by atoms with van der Waals surface area (Å²) >= 11 is 0. The molecule has 1 aromatic rings. The minimum absolute atomic E-state index is 0.377. The number of nitrogens with one attached hydrogen (secondary N) is 2. The van der Waals surface area contributed by atoms with Crippen LogP contribution in [-0.2, 0) is 14.9 Å². The summed E-state index contributed by atoms with van der Waals surface area (Å²) in [5.74, 6) is 0.409. The molecule has 1 fully saturated rings. The molecule has 8 heteroatoms. The summed E-state index contributed by atoms with van der Waals surface area (Å²) in [5, 5.41) is 6.36. The molecule has 0 spiro atoms. The molecule has 0 saturated carbocycles. The molecule has 0 aliphatic carbocycles. The third kappa shape index (κ3) is 2.34. The summed E-state index contributed by atoms with van der Waals surface area (Å²) in [6.07, 6.45) is 1.57. The third-order valence-corrected chi connectivity index (χ3v) is 3.88. The van der Waals surface area contributed by atoms with Crippen LogP contribution in [0.5, 0.6) is 0 Å². The van der Waals surface area contributed by atoms with Crippen molar-refractivity contribution in [3.8, 4) is 0 Å². The van der Waals surface area contributed by atoms with E-state index in [0.29, 0.717) is 32.1 Å². The van der Waals surface area contributed by atoms with E-state index < -0.39 is 10.2 Å². The van der Waals surface area contributed by atoms with Gasteiger partial charge in [0.15, 0.2) is 0 Å². The highest BCUT2D eigenvalue weighted by Crippen LogP contribution is 2.13. The first-order valence-electron chi connectivity index (χ1n) is 4.95. The van der Waals surface area contributed by atoms with Gasteiger partial charge in [0.25, 0.3) is 0 Å². The molecular weight excluding hydrogens is 232 g/mol. The van der Waals surface area contributed by atoms with Crippen molar-refractivity contribution in [1.82, 2.24) is 14.5 Å². The lowest BCUT2D eigenvalue weighted by atomic mass is 10.4. The first-order chi connectivity index (χ1) is 7.59. The minimum Gasteiger partial charge on any atom is -0.379 e. The maximum Gasteiger partial charge on any atom is 0.302 e. The summed E-state index contributed by atoms with van der Waals surface area (Å²) in [6, 6.07) is 0. The normalized spacial score (nSPS) is 18.6. The number of ether oxygens (including phenoxy) is 1. The Morgan fingerprint density at radius 1 is 1.50 bits per heavy atom. The van der Waals surface area contributed by atoms with Crippen molar-refractivity contribution >= 4 is 16.0 Å². The fourth-order valence-electron chi connectivity index (χ4n) is 1.43. The lowest BCUT2D eigenvalue weighted by Crippen LogP contribution is -2.43. The highest BCUT2D eigenvalue weighted by atomic mass is 32.2. The average molecular weight is 246 g/mol. The second-order valence-electron chi connectivity index (χ2n) is 3.55. The van der Waals surface area contributed by atoms with Crippen molar-refractivity contribution in [3.05, 3.63) is 11.8 Å². The molecule has 90 valence electrons. The number of morpholine rings is 1. The van der Waals surface area contributed by atoms with E-state index in [1.54, 1.807) is 13.1 Å². The second kappa shape index (κ2) is 4.40. The van der Waals surface area contributed by atoms with E-state index in [1.165, 1.54) is 4.31 Å². The summed E-state index contributed by atoms with van der Waals surface area (Å²) in [7, 11) is -3.50. The quantitative estimate of drug-likeness (QED) is 0.767. The van der Waals surface area contributed by atoms with Gasteiger partial charge in [-0.1, -0.05) is 0 Å². The fraction of sp³-hybridized carbons (Fsp3) is 0.625. The Morgan fingerprint density at radius 3 is 2.75 bits per heavy atom. The molecule has 0 amide bonds. The van der Waals surface area contributed by atoms with E-state index in [1.807, 2.05) is 0 Å². The molecule has 2 N–H and O–H groups in total. The van der Waals surface area contributed by atoms with Crippen LogP contribution in [0.4, 0.5) is 5.82 Å². The summed E-state index contributed by atoms with van der Waals surface area (Å²) in [5.41, 5.74) is 0.761. The molecule has 0 bridgehead atoms. The molecule has 2 heterocycles. The van der Waals surface area contributed by atoms with E-state index in [2.05, 4.69) is 14.9 Å². The fourth-order valence-corrected chi connectivity index (χ4v) is 2.65. The standard InChI is InChI=1S/C8H14N4O3S/c1-7-6-9-10-8(7)11-16(13,14)12-2-4-15-5-3-12/h6H,2-5H2,1H3,(H2,9,10,11). The van der Waals surface area contributed by atoms with Gasteiger partial charge in [-0.15, -0.1) is 0 Å². The molecule has 16 heavy (non-hydrogen) atoms. The summed E-state index contributed by atoms with van der Waals surface area (Å²) in [4.78, 5) is 0. The lowest BCUT2D eigenvalue weighted by Gasteiger charge is -2.26. The number of nitrogens with zero attached hydrogens (tertiary/aromatic N) is 2. The molecular formula is C8H14N4O3S. The van der Waals surface area contributed by atoms with Gasteiger partial charge in [0.05, 0.1) is 19.4 Å². The number of aromatic nitrogens is 2. The summed E-state index contributed by atoms with van der Waals surface area (Å²) < 4.78 is 32.8. The molecule has 2 rings (SSSR count). The number of rotatable bonds is 3. The number of anilines is 1. The van der Waals surface area contributed by atoms with Crippen molar-refractivity contribution < 1.29 is 13.2 Å². The van der Waals surface area contributed by atoms with Crippen LogP contribution in [0.25, 0.3) is 0 Å². The molecule has 1 aromatic heterocycles. The van der Waals surface area contributed by atoms with E-state index in [9.17, 15) is 8.42 Å². The van der Waals surface area contributed by atoms with Crippen molar-refractivity contribution in [3.63, 3.8) is 0 Å². The predicted octanol–water partition coefficient (Wildman–Crippen LogP) is -0.293. The maximum atomic E-state index is 11.9. The SMILES string of the molecule is Cc1cn[nH]c1NS(=O)(=O)N1CCOCC1. The van der Waals surface area contributed by atoms with Crippen molar-refractivity contribution in [2.45, 2.75) is 6.92 Å². The van der Waals surface area contributed by atoms with Crippen LogP contribution >= 0.6 is 0 Å². The van der Waals surface area contributed by atoms with Gasteiger partial charge >= 0.3 is 10.2 Å². The Hall–Kier alpha value is -1.12. The van der Waals surface area contributed by atoms with Gasteiger partial charge in [-0.3, -0.25) is 9.82 Å². The zero-order chi connectivity index (χ0) is 11.6. The maximum absolute atomic E-state index is 11.9. The van der Waals surface area contributed by atoms with Gasteiger partial charge in [0, 0.05) is 18.7 Å². The predicted molar refractivity (Wildman–Crippen MR) is 58.3 cm³/mol. The number of aromatic amines is 1. The molecule has 7 nitrogen and oxygen atoms in total. The Balaban J connectivity index is 2.10. The largest absolute Gasteiger partial charge is 0.379 e. The second-order valence-corrected chi connectivity index (χ2v) is 5.22. The van der Waals surface area contributed by atoms with E-state index in [0.717, 1.165) is 5.56 Å². The molecule has 0 unspecified atom stereocenters. The summed E-state index contributed by atoms with van der Waals surface area (Å²) in [6.45, 7) is 3.40. The van der Waals surface area contributed by atoms with Crippen LogP contribution in [0.2, 0.25) is 0 Å². The molecule has 1 aliphatic heterocycles. The van der Waals surface area contributed by atoms with Crippen LogP contribution < -0.4 is 4.72 Å². The van der Waals surface area contributed by atoms with E-state index in [4.69, 9.17) is 4.74 Å². The molecule has 1 aliphatic rings. The van der Waals surface area contributed by atoms with Gasteiger partial charge in [0.2, 0.25) is 0 Å². The first kappa shape index (κ1) is 11.4. The Kier molecular flexibility index (Phi) is 3.13. The molecule has 1 saturated heterocycles. The van der Waals surface area contributed by atoms with Gasteiger partial charge in [0.1, 0.15) is 5.82 Å². The van der Waals surface area contributed by atoms with Crippen LogP contribution in [0.15, 0.2) is 6.20 Å². The zero-order valence-corrected chi connectivity index (χ0v) is 9.75. The number of H-pyrrole nitrogens is 1. The van der Waals surface area contributed by atoms with Gasteiger partial charge in [-0.2, -0.15) is 17.8 Å². The molecule has 0 atom stereocenters. The molecule has 0 radical (unpaired) electrons. The van der Waals surface area contributed by atoms with Crippen LogP contribution in [0.1, 0.15) is 5.56 Å². The van der Waals surface area contributed by atoms with Crippen LogP contribution in [-0.4, -0.2) is 49.2 Å². The highest BCUT2D eigenvalue weighted by Gasteiger charge is 2.24. The Morgan fingerprint density at radius 2 is 2.19 bits per heavy atom. The smallest absolute Gasteiger partial charge is 0.302 e. The first-order valence-corrected chi connectivity index (χ1v) is 6.39. The minimum atomic E-state index is -3.50. The highest BCUT2D eigenvalue weighted by molar-refractivity contribution is 7.90. The van der Waals surface area contributed by atoms with Crippen LogP contribution in [0, 0.1) is 6.92 Å². The monoisotopic (exact) mass is 246 g/mol. The number of aryl methyl sites for hydroxylation is 1. The van der Waals surface area contributed by atoms with Gasteiger partial charge in [-0.25, -0.2) is 0 Å². The van der Waals surface area contributed by atoms with Crippen molar-refractivity contribution in [2.24, 2.45) is 0 Å². The third-order valence-electron chi connectivity index (χ3n) is 2.37. The van der Waals surface area contributed by atoms with Crippen molar-refractivity contribution in [2.75, 3.05) is 31.0 Å².